The number of hydrogen-bond acceptors (Lipinski definition) is 3. The molecule has 3 heteroatoms. The Balaban J connectivity index is 2.53. The monoisotopic (exact) mass is 221 g/mol. The minimum Gasteiger partial charge on any atom is -0.391 e. The summed E-state index contributed by atoms with van der Waals surface area (Å²) in [6.45, 7) is 6.03. The third-order valence-electron chi connectivity index (χ3n) is 2.58. The van der Waals surface area contributed by atoms with Crippen molar-refractivity contribution in [1.29, 1.82) is 0 Å². The van der Waals surface area contributed by atoms with E-state index < -0.39 is 0 Å². The SMILES string of the molecule is CC(=O)c1ccc(NCC(O)C(C)C)cc1. The predicted octanol–water partition coefficient (Wildman–Crippen LogP) is 2.32. The Labute approximate surface area is 96.5 Å². The molecule has 0 amide bonds. The van der Waals surface area contributed by atoms with Crippen molar-refractivity contribution in [2.24, 2.45) is 5.92 Å². The maximum absolute atomic E-state index is 11.1. The maximum Gasteiger partial charge on any atom is 0.159 e. The lowest BCUT2D eigenvalue weighted by Gasteiger charge is -2.15. The molecule has 0 bridgehead atoms. The second-order valence-corrected chi connectivity index (χ2v) is 4.33. The van der Waals surface area contributed by atoms with Crippen LogP contribution in [-0.4, -0.2) is 23.5 Å². The Bertz CT molecular complexity index is 343. The molecule has 0 radical (unpaired) electrons. The fraction of sp³-hybridized carbons (Fsp3) is 0.462. The maximum atomic E-state index is 11.1. The number of carbonyl (C=O) groups excluding carboxylic acids is 1. The molecule has 0 heterocycles. The van der Waals surface area contributed by atoms with Gasteiger partial charge >= 0.3 is 0 Å². The van der Waals surface area contributed by atoms with Crippen LogP contribution in [0.25, 0.3) is 0 Å². The number of rotatable bonds is 5. The summed E-state index contributed by atoms with van der Waals surface area (Å²) in [6.07, 6.45) is -0.354. The number of Topliss-reactive ketones (excluding diaryl/α,β-unsaturated/α-hetero) is 1. The molecule has 88 valence electrons. The molecule has 1 rings (SSSR count). The van der Waals surface area contributed by atoms with Crippen LogP contribution in [0.3, 0.4) is 0 Å². The average molecular weight is 221 g/mol. The minimum atomic E-state index is -0.354. The molecular formula is C13H19NO2. The van der Waals surface area contributed by atoms with E-state index in [4.69, 9.17) is 0 Å². The molecule has 2 N–H and O–H groups in total. The Kier molecular flexibility index (Phi) is 4.50. The molecule has 0 fully saturated rings. The van der Waals surface area contributed by atoms with Crippen LogP contribution in [0.4, 0.5) is 5.69 Å². The van der Waals surface area contributed by atoms with E-state index in [1.807, 2.05) is 26.0 Å². The van der Waals surface area contributed by atoms with Crippen molar-refractivity contribution in [2.45, 2.75) is 26.9 Å². The molecule has 0 aromatic heterocycles. The standard InChI is InChI=1S/C13H19NO2/c1-9(2)13(16)8-14-12-6-4-11(5-7-12)10(3)15/h4-7,9,13-14,16H,8H2,1-3H3. The zero-order valence-electron chi connectivity index (χ0n) is 10.0. The number of aliphatic hydroxyl groups is 1. The molecule has 0 spiro atoms. The Morgan fingerprint density at radius 1 is 1.31 bits per heavy atom. The molecule has 0 saturated heterocycles. The van der Waals surface area contributed by atoms with Gasteiger partial charge in [0.25, 0.3) is 0 Å². The van der Waals surface area contributed by atoms with Crippen LogP contribution in [0.15, 0.2) is 24.3 Å². The van der Waals surface area contributed by atoms with E-state index in [0.717, 1.165) is 5.69 Å². The van der Waals surface area contributed by atoms with Crippen molar-refractivity contribution in [1.82, 2.24) is 0 Å². The van der Waals surface area contributed by atoms with E-state index in [1.54, 1.807) is 19.1 Å². The number of anilines is 1. The lowest BCUT2D eigenvalue weighted by molar-refractivity contribution is 0.101. The number of ketones is 1. The topological polar surface area (TPSA) is 49.3 Å². The van der Waals surface area contributed by atoms with Crippen molar-refractivity contribution >= 4 is 11.5 Å². The molecule has 1 aromatic rings. The Hall–Kier alpha value is -1.35. The molecule has 0 aliphatic heterocycles. The van der Waals surface area contributed by atoms with Gasteiger partial charge in [0.05, 0.1) is 6.10 Å². The van der Waals surface area contributed by atoms with Crippen molar-refractivity contribution in [3.05, 3.63) is 29.8 Å². The minimum absolute atomic E-state index is 0.0637. The van der Waals surface area contributed by atoms with Crippen molar-refractivity contribution in [3.8, 4) is 0 Å². The molecule has 1 atom stereocenters. The molecule has 3 nitrogen and oxygen atoms in total. The normalized spacial score (nSPS) is 12.6. The number of carbonyl (C=O) groups is 1. The van der Waals surface area contributed by atoms with Gasteiger partial charge < -0.3 is 10.4 Å². The van der Waals surface area contributed by atoms with E-state index in [2.05, 4.69) is 5.32 Å². The lowest BCUT2D eigenvalue weighted by atomic mass is 10.1. The first-order chi connectivity index (χ1) is 7.50. The highest BCUT2D eigenvalue weighted by molar-refractivity contribution is 5.94. The summed E-state index contributed by atoms with van der Waals surface area (Å²) in [5.74, 6) is 0.303. The summed E-state index contributed by atoms with van der Waals surface area (Å²) >= 11 is 0. The van der Waals surface area contributed by atoms with Gasteiger partial charge in [-0.15, -0.1) is 0 Å². The van der Waals surface area contributed by atoms with Gasteiger partial charge in [-0.1, -0.05) is 13.8 Å². The van der Waals surface area contributed by atoms with Gasteiger partial charge in [-0.3, -0.25) is 4.79 Å². The van der Waals surface area contributed by atoms with Gasteiger partial charge in [0.1, 0.15) is 0 Å². The van der Waals surface area contributed by atoms with Crippen molar-refractivity contribution in [3.63, 3.8) is 0 Å². The van der Waals surface area contributed by atoms with Crippen LogP contribution in [0.5, 0.6) is 0 Å². The number of hydrogen-bond donors (Lipinski definition) is 2. The quantitative estimate of drug-likeness (QED) is 0.750. The molecule has 0 aliphatic rings. The summed E-state index contributed by atoms with van der Waals surface area (Å²) in [5.41, 5.74) is 1.62. The van der Waals surface area contributed by atoms with Crippen LogP contribution >= 0.6 is 0 Å². The Morgan fingerprint density at radius 2 is 1.88 bits per heavy atom. The summed E-state index contributed by atoms with van der Waals surface area (Å²) in [7, 11) is 0. The highest BCUT2D eigenvalue weighted by Crippen LogP contribution is 2.11. The van der Waals surface area contributed by atoms with E-state index in [0.29, 0.717) is 12.1 Å². The van der Waals surface area contributed by atoms with Crippen LogP contribution < -0.4 is 5.32 Å². The summed E-state index contributed by atoms with van der Waals surface area (Å²) < 4.78 is 0. The fourth-order valence-electron chi connectivity index (χ4n) is 1.28. The van der Waals surface area contributed by atoms with Crippen molar-refractivity contribution in [2.75, 3.05) is 11.9 Å². The molecular weight excluding hydrogens is 202 g/mol. The third kappa shape index (κ3) is 3.66. The predicted molar refractivity (Wildman–Crippen MR) is 65.8 cm³/mol. The lowest BCUT2D eigenvalue weighted by Crippen LogP contribution is -2.24. The zero-order valence-corrected chi connectivity index (χ0v) is 10.0. The first-order valence-electron chi connectivity index (χ1n) is 5.53. The van der Waals surface area contributed by atoms with E-state index in [-0.39, 0.29) is 17.8 Å². The van der Waals surface area contributed by atoms with Crippen LogP contribution in [0, 0.1) is 5.92 Å². The van der Waals surface area contributed by atoms with Gasteiger partial charge in [-0.25, -0.2) is 0 Å². The summed E-state index contributed by atoms with van der Waals surface area (Å²) in [6, 6.07) is 7.27. The van der Waals surface area contributed by atoms with Gasteiger partial charge in [-0.05, 0) is 37.1 Å². The van der Waals surface area contributed by atoms with Gasteiger partial charge in [-0.2, -0.15) is 0 Å². The van der Waals surface area contributed by atoms with Crippen LogP contribution in [0.2, 0.25) is 0 Å². The van der Waals surface area contributed by atoms with Crippen LogP contribution in [0.1, 0.15) is 31.1 Å². The molecule has 16 heavy (non-hydrogen) atoms. The fourth-order valence-corrected chi connectivity index (χ4v) is 1.28. The second kappa shape index (κ2) is 5.66. The zero-order chi connectivity index (χ0) is 12.1. The highest BCUT2D eigenvalue weighted by atomic mass is 16.3. The molecule has 1 aromatic carbocycles. The molecule has 0 aliphatic carbocycles. The van der Waals surface area contributed by atoms with E-state index in [9.17, 15) is 9.90 Å². The highest BCUT2D eigenvalue weighted by Gasteiger charge is 2.08. The summed E-state index contributed by atoms with van der Waals surface area (Å²) in [4.78, 5) is 11.1. The number of nitrogens with one attached hydrogen (secondary N) is 1. The average Bonchev–Trinajstić information content (AvgIpc) is 2.26. The van der Waals surface area contributed by atoms with Gasteiger partial charge in [0.2, 0.25) is 0 Å². The largest absolute Gasteiger partial charge is 0.391 e. The first kappa shape index (κ1) is 12.7. The van der Waals surface area contributed by atoms with Crippen molar-refractivity contribution < 1.29 is 9.90 Å². The van der Waals surface area contributed by atoms with Crippen LogP contribution in [-0.2, 0) is 0 Å². The number of aliphatic hydroxyl groups excluding tert-OH is 1. The third-order valence-corrected chi connectivity index (χ3v) is 2.58. The molecule has 1 unspecified atom stereocenters. The second-order valence-electron chi connectivity index (χ2n) is 4.33. The number of benzene rings is 1. The summed E-state index contributed by atoms with van der Waals surface area (Å²) in [5, 5.41) is 12.7. The van der Waals surface area contributed by atoms with E-state index >= 15 is 0 Å². The van der Waals surface area contributed by atoms with E-state index in [1.165, 1.54) is 0 Å². The molecule has 0 saturated carbocycles. The first-order valence-corrected chi connectivity index (χ1v) is 5.53. The van der Waals surface area contributed by atoms with Gasteiger partial charge in [0.15, 0.2) is 5.78 Å². The smallest absolute Gasteiger partial charge is 0.159 e. The van der Waals surface area contributed by atoms with Gasteiger partial charge in [0, 0.05) is 17.8 Å². The Morgan fingerprint density at radius 3 is 2.31 bits per heavy atom.